The molecule has 1 aliphatic heterocycles. The van der Waals surface area contributed by atoms with Gasteiger partial charge in [0.1, 0.15) is 12.2 Å². The number of rotatable bonds is 8. The van der Waals surface area contributed by atoms with Crippen molar-refractivity contribution in [2.24, 2.45) is 0 Å². The van der Waals surface area contributed by atoms with Crippen LogP contribution in [0.3, 0.4) is 0 Å². The second kappa shape index (κ2) is 11.5. The Kier molecular flexibility index (Phi) is 7.70. The van der Waals surface area contributed by atoms with E-state index in [1.807, 2.05) is 44.2 Å². The molecule has 5 rings (SSSR count). The van der Waals surface area contributed by atoms with Crippen LogP contribution in [0.15, 0.2) is 91.0 Å². The summed E-state index contributed by atoms with van der Waals surface area (Å²) in [6.07, 6.45) is 3.67. The zero-order chi connectivity index (χ0) is 29.1. The van der Waals surface area contributed by atoms with Crippen molar-refractivity contribution in [1.82, 2.24) is 5.32 Å². The van der Waals surface area contributed by atoms with Gasteiger partial charge in [-0.2, -0.15) is 0 Å². The minimum atomic E-state index is -0.787. The molecule has 1 aliphatic rings. The second-order valence-electron chi connectivity index (χ2n) is 9.98. The first-order valence-electron chi connectivity index (χ1n) is 13.2. The highest BCUT2D eigenvalue weighted by Gasteiger charge is 2.37. The molecule has 1 fully saturated rings. The normalized spacial score (nSPS) is 14.4. The summed E-state index contributed by atoms with van der Waals surface area (Å²) in [6.45, 7) is 7.94. The minimum absolute atomic E-state index is 0.166. The van der Waals surface area contributed by atoms with E-state index in [4.69, 9.17) is 9.47 Å². The topological polar surface area (TPSA) is 84.9 Å². The number of fused-ring (bicyclic) bond motifs is 1. The van der Waals surface area contributed by atoms with E-state index in [0.717, 1.165) is 37.9 Å². The Morgan fingerprint density at radius 2 is 1.63 bits per heavy atom. The van der Waals surface area contributed by atoms with Crippen LogP contribution >= 0.6 is 0 Å². The SMILES string of the molecule is C=CCc1cc(/C=C2\C(=O)NC(=O)N(c3cc(C)cc(C)c3)C2=O)cc(OC)c1OCc1ccc2ccccc2c1. The third-order valence-electron chi connectivity index (χ3n) is 6.81. The number of aryl methyl sites for hydroxylation is 2. The number of barbiturate groups is 1. The van der Waals surface area contributed by atoms with Crippen molar-refractivity contribution in [3.63, 3.8) is 0 Å². The lowest BCUT2D eigenvalue weighted by Gasteiger charge is -2.27. The van der Waals surface area contributed by atoms with Crippen molar-refractivity contribution in [3.8, 4) is 11.5 Å². The van der Waals surface area contributed by atoms with Crippen LogP contribution in [0.25, 0.3) is 16.8 Å². The van der Waals surface area contributed by atoms with Crippen LogP contribution in [-0.4, -0.2) is 25.0 Å². The van der Waals surface area contributed by atoms with Gasteiger partial charge in [-0.05, 0) is 89.7 Å². The molecule has 1 N–H and O–H groups in total. The first-order chi connectivity index (χ1) is 19.8. The van der Waals surface area contributed by atoms with Crippen molar-refractivity contribution >= 4 is 40.4 Å². The standard InChI is InChI=1S/C34H30N2O5/c1-5-8-27-17-24(18-29-32(37)35-34(39)36(33(29)38)28-14-21(2)13-22(3)15-28)19-30(40-4)31(27)41-20-23-11-12-25-9-6-7-10-26(25)16-23/h5-7,9-19H,1,8,20H2,2-4H3,(H,35,37,39)/b29-18+. The lowest BCUT2D eigenvalue weighted by Crippen LogP contribution is -2.54. The Hall–Kier alpha value is -5.17. The largest absolute Gasteiger partial charge is 0.493 e. The van der Waals surface area contributed by atoms with Crippen LogP contribution in [0.4, 0.5) is 10.5 Å². The van der Waals surface area contributed by atoms with Crippen LogP contribution in [0.5, 0.6) is 11.5 Å². The molecular formula is C34H30N2O5. The van der Waals surface area contributed by atoms with Crippen LogP contribution in [-0.2, 0) is 22.6 Å². The molecule has 0 radical (unpaired) electrons. The molecule has 4 amide bonds. The smallest absolute Gasteiger partial charge is 0.335 e. The first kappa shape index (κ1) is 27.4. The van der Waals surface area contributed by atoms with E-state index in [1.165, 1.54) is 13.2 Å². The summed E-state index contributed by atoms with van der Waals surface area (Å²) in [5.41, 5.74) is 4.33. The monoisotopic (exact) mass is 546 g/mol. The van der Waals surface area contributed by atoms with Crippen molar-refractivity contribution in [2.75, 3.05) is 12.0 Å². The lowest BCUT2D eigenvalue weighted by atomic mass is 10.0. The fourth-order valence-corrected chi connectivity index (χ4v) is 5.01. The van der Waals surface area contributed by atoms with E-state index in [0.29, 0.717) is 35.8 Å². The summed E-state index contributed by atoms with van der Waals surface area (Å²) in [4.78, 5) is 39.9. The number of carbonyl (C=O) groups excluding carboxylic acids is 3. The highest BCUT2D eigenvalue weighted by Crippen LogP contribution is 2.35. The molecule has 1 heterocycles. The van der Waals surface area contributed by atoms with Gasteiger partial charge in [0, 0.05) is 5.56 Å². The maximum Gasteiger partial charge on any atom is 0.335 e. The Morgan fingerprint density at radius 3 is 2.34 bits per heavy atom. The van der Waals surface area contributed by atoms with Crippen LogP contribution in [0, 0.1) is 13.8 Å². The molecule has 4 aromatic rings. The van der Waals surface area contributed by atoms with Gasteiger partial charge in [-0.25, -0.2) is 9.69 Å². The molecular weight excluding hydrogens is 516 g/mol. The quantitative estimate of drug-likeness (QED) is 0.156. The van der Waals surface area contributed by atoms with Gasteiger partial charge in [-0.1, -0.05) is 48.5 Å². The third kappa shape index (κ3) is 5.75. The first-order valence-corrected chi connectivity index (χ1v) is 13.2. The molecule has 0 unspecified atom stereocenters. The van der Waals surface area contributed by atoms with Gasteiger partial charge in [0.15, 0.2) is 11.5 Å². The number of nitrogens with one attached hydrogen (secondary N) is 1. The second-order valence-corrected chi connectivity index (χ2v) is 9.98. The molecule has 0 atom stereocenters. The van der Waals surface area contributed by atoms with E-state index in [2.05, 4.69) is 36.2 Å². The van der Waals surface area contributed by atoms with Crippen molar-refractivity contribution in [3.05, 3.63) is 119 Å². The predicted octanol–water partition coefficient (Wildman–Crippen LogP) is 6.44. The highest BCUT2D eigenvalue weighted by molar-refractivity contribution is 6.39. The molecule has 0 spiro atoms. The summed E-state index contributed by atoms with van der Waals surface area (Å²) < 4.78 is 11.9. The zero-order valence-corrected chi connectivity index (χ0v) is 23.2. The van der Waals surface area contributed by atoms with Gasteiger partial charge in [0.2, 0.25) is 0 Å². The molecule has 0 aliphatic carbocycles. The fraction of sp³-hybridized carbons (Fsp3) is 0.147. The predicted molar refractivity (Wildman–Crippen MR) is 160 cm³/mol. The molecule has 4 aromatic carbocycles. The van der Waals surface area contributed by atoms with Crippen molar-refractivity contribution in [1.29, 1.82) is 0 Å². The molecule has 7 nitrogen and oxygen atoms in total. The summed E-state index contributed by atoms with van der Waals surface area (Å²) in [5, 5.41) is 4.56. The number of nitrogens with zero attached hydrogens (tertiary/aromatic N) is 1. The molecule has 1 saturated heterocycles. The Balaban J connectivity index is 1.48. The Labute approximate surface area is 238 Å². The van der Waals surface area contributed by atoms with Crippen molar-refractivity contribution < 1.29 is 23.9 Å². The third-order valence-corrected chi connectivity index (χ3v) is 6.81. The van der Waals surface area contributed by atoms with Crippen LogP contribution < -0.4 is 19.7 Å². The lowest BCUT2D eigenvalue weighted by molar-refractivity contribution is -0.122. The number of amides is 4. The van der Waals surface area contributed by atoms with E-state index in [1.54, 1.807) is 24.3 Å². The number of ether oxygens (including phenoxy) is 2. The van der Waals surface area contributed by atoms with Crippen LogP contribution in [0.1, 0.15) is 27.8 Å². The Bertz CT molecular complexity index is 1720. The summed E-state index contributed by atoms with van der Waals surface area (Å²) >= 11 is 0. The maximum absolute atomic E-state index is 13.5. The number of carbonyl (C=O) groups is 3. The number of benzene rings is 4. The fourth-order valence-electron chi connectivity index (χ4n) is 5.01. The molecule has 7 heteroatoms. The number of imide groups is 2. The average molecular weight is 547 g/mol. The number of hydrogen-bond acceptors (Lipinski definition) is 5. The van der Waals surface area contributed by atoms with Gasteiger partial charge < -0.3 is 9.47 Å². The molecule has 0 saturated carbocycles. The van der Waals surface area contributed by atoms with E-state index in [-0.39, 0.29) is 5.57 Å². The molecule has 206 valence electrons. The molecule has 0 aromatic heterocycles. The van der Waals surface area contributed by atoms with E-state index in [9.17, 15) is 14.4 Å². The summed E-state index contributed by atoms with van der Waals surface area (Å²) in [6, 6.07) is 22.4. The van der Waals surface area contributed by atoms with Gasteiger partial charge >= 0.3 is 6.03 Å². The summed E-state index contributed by atoms with van der Waals surface area (Å²) in [7, 11) is 1.53. The van der Waals surface area contributed by atoms with Crippen LogP contribution in [0.2, 0.25) is 0 Å². The number of hydrogen-bond donors (Lipinski definition) is 1. The average Bonchev–Trinajstić information content (AvgIpc) is 2.94. The van der Waals surface area contributed by atoms with E-state index < -0.39 is 17.8 Å². The van der Waals surface area contributed by atoms with Gasteiger partial charge in [0.25, 0.3) is 11.8 Å². The molecule has 41 heavy (non-hydrogen) atoms. The zero-order valence-electron chi connectivity index (χ0n) is 23.2. The van der Waals surface area contributed by atoms with E-state index >= 15 is 0 Å². The highest BCUT2D eigenvalue weighted by atomic mass is 16.5. The molecule has 0 bridgehead atoms. The van der Waals surface area contributed by atoms with Gasteiger partial charge in [-0.3, -0.25) is 14.9 Å². The Morgan fingerprint density at radius 1 is 0.902 bits per heavy atom. The number of methoxy groups -OCH3 is 1. The number of urea groups is 1. The van der Waals surface area contributed by atoms with Gasteiger partial charge in [-0.15, -0.1) is 6.58 Å². The number of anilines is 1. The van der Waals surface area contributed by atoms with Crippen molar-refractivity contribution in [2.45, 2.75) is 26.9 Å². The van der Waals surface area contributed by atoms with Gasteiger partial charge in [0.05, 0.1) is 12.8 Å². The number of allylic oxidation sites excluding steroid dienone is 1. The minimum Gasteiger partial charge on any atom is -0.493 e. The maximum atomic E-state index is 13.5. The summed E-state index contributed by atoms with van der Waals surface area (Å²) in [5.74, 6) is -0.469.